The fourth-order valence-electron chi connectivity index (χ4n) is 1.80. The minimum absolute atomic E-state index is 0.247. The molecular formula is C14H23FN2O. The largest absolute Gasteiger partial charge is 0.390 e. The van der Waals surface area contributed by atoms with Crippen LogP contribution in [0.1, 0.15) is 20.8 Å². The lowest BCUT2D eigenvalue weighted by Gasteiger charge is -2.26. The highest BCUT2D eigenvalue weighted by atomic mass is 19.1. The summed E-state index contributed by atoms with van der Waals surface area (Å²) in [6, 6.07) is 6.99. The Morgan fingerprint density at radius 2 is 2.00 bits per heavy atom. The van der Waals surface area contributed by atoms with Crippen LogP contribution in [0.4, 0.5) is 10.1 Å². The number of rotatable bonds is 7. The number of hydrogen-bond donors (Lipinski definition) is 2. The highest BCUT2D eigenvalue weighted by molar-refractivity contribution is 5.47. The molecule has 1 aromatic rings. The minimum atomic E-state index is -0.507. The molecule has 0 aliphatic rings. The van der Waals surface area contributed by atoms with Crippen LogP contribution in [0.5, 0.6) is 0 Å². The Kier molecular flexibility index (Phi) is 6.09. The molecule has 0 saturated carbocycles. The first-order chi connectivity index (χ1) is 8.54. The van der Waals surface area contributed by atoms with E-state index in [1.807, 2.05) is 25.7 Å². The van der Waals surface area contributed by atoms with E-state index in [0.717, 1.165) is 0 Å². The third-order valence-electron chi connectivity index (χ3n) is 2.77. The summed E-state index contributed by atoms with van der Waals surface area (Å²) in [6.45, 7) is 7.62. The highest BCUT2D eigenvalue weighted by Gasteiger charge is 2.14. The summed E-state index contributed by atoms with van der Waals surface area (Å²) in [4.78, 5) is 1.85. The van der Waals surface area contributed by atoms with Crippen molar-refractivity contribution in [1.29, 1.82) is 0 Å². The van der Waals surface area contributed by atoms with Gasteiger partial charge in [-0.3, -0.25) is 0 Å². The Labute approximate surface area is 109 Å². The molecule has 0 spiro atoms. The summed E-state index contributed by atoms with van der Waals surface area (Å²) in [5, 5.41) is 13.1. The van der Waals surface area contributed by atoms with Crippen LogP contribution >= 0.6 is 0 Å². The van der Waals surface area contributed by atoms with Gasteiger partial charge in [0.25, 0.3) is 0 Å². The van der Waals surface area contributed by atoms with E-state index in [1.54, 1.807) is 18.2 Å². The van der Waals surface area contributed by atoms with E-state index in [9.17, 15) is 9.50 Å². The van der Waals surface area contributed by atoms with Crippen molar-refractivity contribution >= 4 is 5.69 Å². The summed E-state index contributed by atoms with van der Waals surface area (Å²) in [5.74, 6) is -0.247. The molecule has 0 fully saturated rings. The number of likely N-dealkylation sites (N-methyl/N-ethyl adjacent to an activating group) is 1. The Morgan fingerprint density at radius 1 is 1.33 bits per heavy atom. The minimum Gasteiger partial charge on any atom is -0.390 e. The highest BCUT2D eigenvalue weighted by Crippen LogP contribution is 2.18. The predicted molar refractivity (Wildman–Crippen MR) is 73.4 cm³/mol. The number of nitrogens with one attached hydrogen (secondary N) is 1. The summed E-state index contributed by atoms with van der Waals surface area (Å²) in [7, 11) is 0. The first-order valence-electron chi connectivity index (χ1n) is 6.45. The standard InChI is InChI=1S/C14H23FN2O/c1-4-17(10-12(18)9-16-11(2)3)14-8-6-5-7-13(14)15/h5-8,11-12,16,18H,4,9-10H2,1-3H3. The van der Waals surface area contributed by atoms with E-state index in [1.165, 1.54) is 6.07 Å². The zero-order valence-electron chi connectivity index (χ0n) is 11.4. The second-order valence-electron chi connectivity index (χ2n) is 4.71. The maximum Gasteiger partial charge on any atom is 0.146 e. The van der Waals surface area contributed by atoms with E-state index in [-0.39, 0.29) is 5.82 Å². The number of aliphatic hydroxyl groups excluding tert-OH is 1. The number of benzene rings is 1. The van der Waals surface area contributed by atoms with E-state index >= 15 is 0 Å². The molecule has 0 bridgehead atoms. The van der Waals surface area contributed by atoms with Crippen molar-refractivity contribution in [2.24, 2.45) is 0 Å². The van der Waals surface area contributed by atoms with Gasteiger partial charge in [0.15, 0.2) is 0 Å². The first kappa shape index (κ1) is 14.9. The summed E-state index contributed by atoms with van der Waals surface area (Å²) in [6.07, 6.45) is -0.507. The molecule has 1 unspecified atom stereocenters. The molecule has 0 saturated heterocycles. The van der Waals surface area contributed by atoms with Crippen molar-refractivity contribution < 1.29 is 9.50 Å². The molecule has 0 heterocycles. The van der Waals surface area contributed by atoms with Crippen LogP contribution in [0.3, 0.4) is 0 Å². The van der Waals surface area contributed by atoms with Gasteiger partial charge in [0.1, 0.15) is 5.82 Å². The van der Waals surface area contributed by atoms with Crippen LogP contribution in [-0.4, -0.2) is 36.9 Å². The Bertz CT molecular complexity index is 357. The summed E-state index contributed by atoms with van der Waals surface area (Å²) in [5.41, 5.74) is 0.545. The number of para-hydroxylation sites is 1. The fraction of sp³-hybridized carbons (Fsp3) is 0.571. The maximum absolute atomic E-state index is 13.7. The second kappa shape index (κ2) is 7.34. The van der Waals surface area contributed by atoms with Gasteiger partial charge in [-0.05, 0) is 19.1 Å². The van der Waals surface area contributed by atoms with Crippen LogP contribution < -0.4 is 10.2 Å². The molecule has 0 radical (unpaired) electrons. The van der Waals surface area contributed by atoms with Gasteiger partial charge in [0.05, 0.1) is 11.8 Å². The smallest absolute Gasteiger partial charge is 0.146 e. The van der Waals surface area contributed by atoms with Gasteiger partial charge in [-0.1, -0.05) is 26.0 Å². The third-order valence-corrected chi connectivity index (χ3v) is 2.77. The van der Waals surface area contributed by atoms with Crippen LogP contribution in [0, 0.1) is 5.82 Å². The molecule has 0 aliphatic carbocycles. The fourth-order valence-corrected chi connectivity index (χ4v) is 1.80. The van der Waals surface area contributed by atoms with Crippen LogP contribution in [0.2, 0.25) is 0 Å². The lowest BCUT2D eigenvalue weighted by Crippen LogP contribution is -2.40. The third kappa shape index (κ3) is 4.63. The number of hydrogen-bond acceptors (Lipinski definition) is 3. The zero-order chi connectivity index (χ0) is 13.5. The zero-order valence-corrected chi connectivity index (χ0v) is 11.4. The molecule has 4 heteroatoms. The lowest BCUT2D eigenvalue weighted by molar-refractivity contribution is 0.173. The van der Waals surface area contributed by atoms with Crippen molar-refractivity contribution in [2.75, 3.05) is 24.5 Å². The number of halogens is 1. The molecule has 0 aromatic heterocycles. The SMILES string of the molecule is CCN(CC(O)CNC(C)C)c1ccccc1F. The van der Waals surface area contributed by atoms with Gasteiger partial charge in [-0.25, -0.2) is 4.39 Å². The molecule has 0 amide bonds. The van der Waals surface area contributed by atoms with Gasteiger partial charge < -0.3 is 15.3 Å². The molecule has 18 heavy (non-hydrogen) atoms. The molecule has 102 valence electrons. The van der Waals surface area contributed by atoms with E-state index in [4.69, 9.17) is 0 Å². The van der Waals surface area contributed by atoms with Crippen LogP contribution in [-0.2, 0) is 0 Å². The summed E-state index contributed by atoms with van der Waals surface area (Å²) >= 11 is 0. The predicted octanol–water partition coefficient (Wildman–Crippen LogP) is 2.01. The Morgan fingerprint density at radius 3 is 2.56 bits per heavy atom. The average Bonchev–Trinajstić information content (AvgIpc) is 2.34. The lowest BCUT2D eigenvalue weighted by atomic mass is 10.2. The molecular weight excluding hydrogens is 231 g/mol. The molecule has 1 rings (SSSR count). The van der Waals surface area contributed by atoms with Crippen LogP contribution in [0.15, 0.2) is 24.3 Å². The van der Waals surface area contributed by atoms with Gasteiger partial charge in [0.2, 0.25) is 0 Å². The van der Waals surface area contributed by atoms with Gasteiger partial charge in [0, 0.05) is 25.7 Å². The second-order valence-corrected chi connectivity index (χ2v) is 4.71. The molecule has 0 aliphatic heterocycles. The molecule has 1 atom stereocenters. The van der Waals surface area contributed by atoms with E-state index in [2.05, 4.69) is 5.32 Å². The van der Waals surface area contributed by atoms with Crippen LogP contribution in [0.25, 0.3) is 0 Å². The molecule has 1 aromatic carbocycles. The Balaban J connectivity index is 2.59. The quantitative estimate of drug-likeness (QED) is 0.781. The number of aliphatic hydroxyl groups is 1. The van der Waals surface area contributed by atoms with Crippen molar-refractivity contribution in [3.8, 4) is 0 Å². The van der Waals surface area contributed by atoms with Crippen molar-refractivity contribution in [3.63, 3.8) is 0 Å². The van der Waals surface area contributed by atoms with Crippen molar-refractivity contribution in [2.45, 2.75) is 32.9 Å². The number of nitrogens with zero attached hydrogens (tertiary/aromatic N) is 1. The van der Waals surface area contributed by atoms with Crippen molar-refractivity contribution in [1.82, 2.24) is 5.32 Å². The van der Waals surface area contributed by atoms with Gasteiger partial charge in [-0.2, -0.15) is 0 Å². The molecule has 2 N–H and O–H groups in total. The average molecular weight is 254 g/mol. The van der Waals surface area contributed by atoms with Gasteiger partial charge >= 0.3 is 0 Å². The normalized spacial score (nSPS) is 12.8. The Hall–Kier alpha value is -1.13. The van der Waals surface area contributed by atoms with Crippen molar-refractivity contribution in [3.05, 3.63) is 30.1 Å². The maximum atomic E-state index is 13.7. The van der Waals surface area contributed by atoms with E-state index < -0.39 is 6.10 Å². The topological polar surface area (TPSA) is 35.5 Å². The first-order valence-corrected chi connectivity index (χ1v) is 6.45. The monoisotopic (exact) mass is 254 g/mol. The number of anilines is 1. The van der Waals surface area contributed by atoms with E-state index in [0.29, 0.717) is 31.4 Å². The summed E-state index contributed by atoms with van der Waals surface area (Å²) < 4.78 is 13.7. The molecule has 3 nitrogen and oxygen atoms in total. The van der Waals surface area contributed by atoms with Gasteiger partial charge in [-0.15, -0.1) is 0 Å².